The number of carbonyl (C=O) groups is 1. The minimum atomic E-state index is 0.0399. The molecule has 2 aliphatic rings. The maximum atomic E-state index is 12.1. The number of nitrogen functional groups attached to an aromatic ring is 1. The maximum absolute atomic E-state index is 12.1. The fraction of sp³-hybridized carbons (Fsp3) is 0.562. The molecule has 21 heavy (non-hydrogen) atoms. The van der Waals surface area contributed by atoms with E-state index >= 15 is 0 Å². The van der Waals surface area contributed by atoms with Gasteiger partial charge in [-0.1, -0.05) is 6.07 Å². The van der Waals surface area contributed by atoms with Crippen LogP contribution in [0.2, 0.25) is 0 Å². The van der Waals surface area contributed by atoms with Gasteiger partial charge in [0.1, 0.15) is 0 Å². The maximum Gasteiger partial charge on any atom is 0.238 e. The second-order valence-corrected chi connectivity index (χ2v) is 6.16. The van der Waals surface area contributed by atoms with Crippen LogP contribution in [0, 0.1) is 6.92 Å². The minimum Gasteiger partial charge on any atom is -0.398 e. The predicted octanol–water partition coefficient (Wildman–Crippen LogP) is 1.30. The number of amides is 1. The number of benzene rings is 1. The third kappa shape index (κ3) is 3.74. The Kier molecular flexibility index (Phi) is 4.12. The monoisotopic (exact) mass is 288 g/mol. The number of aryl methyl sites for hydroxylation is 1. The van der Waals surface area contributed by atoms with Gasteiger partial charge < -0.3 is 11.1 Å². The second-order valence-electron chi connectivity index (χ2n) is 6.16. The zero-order chi connectivity index (χ0) is 14.8. The highest BCUT2D eigenvalue weighted by molar-refractivity contribution is 5.92. The molecule has 0 atom stereocenters. The Bertz CT molecular complexity index is 519. The Hall–Kier alpha value is -1.59. The first-order valence-corrected chi connectivity index (χ1v) is 7.74. The molecule has 1 aliphatic carbocycles. The molecule has 0 radical (unpaired) electrons. The van der Waals surface area contributed by atoms with Crippen molar-refractivity contribution in [3.05, 3.63) is 23.8 Å². The molecule has 3 rings (SSSR count). The molecule has 114 valence electrons. The van der Waals surface area contributed by atoms with Crippen LogP contribution in [0.15, 0.2) is 18.2 Å². The molecular formula is C16H24N4O. The fourth-order valence-corrected chi connectivity index (χ4v) is 2.85. The molecule has 1 saturated heterocycles. The minimum absolute atomic E-state index is 0.0399. The van der Waals surface area contributed by atoms with Crippen molar-refractivity contribution in [2.24, 2.45) is 0 Å². The van der Waals surface area contributed by atoms with Crippen molar-refractivity contribution < 1.29 is 4.79 Å². The van der Waals surface area contributed by atoms with Gasteiger partial charge in [-0.3, -0.25) is 14.6 Å². The van der Waals surface area contributed by atoms with Crippen molar-refractivity contribution in [2.75, 3.05) is 43.8 Å². The zero-order valence-electron chi connectivity index (χ0n) is 12.6. The van der Waals surface area contributed by atoms with Crippen LogP contribution in [0.3, 0.4) is 0 Å². The van der Waals surface area contributed by atoms with E-state index in [2.05, 4.69) is 15.1 Å². The van der Waals surface area contributed by atoms with E-state index in [0.717, 1.165) is 43.5 Å². The number of nitrogens with two attached hydrogens (primary N) is 1. The number of rotatable bonds is 4. The summed E-state index contributed by atoms with van der Waals surface area (Å²) in [5, 5.41) is 2.93. The Balaban J connectivity index is 1.46. The zero-order valence-corrected chi connectivity index (χ0v) is 12.6. The molecule has 3 N–H and O–H groups in total. The number of hydrogen-bond acceptors (Lipinski definition) is 4. The predicted molar refractivity (Wildman–Crippen MR) is 85.3 cm³/mol. The molecule has 5 nitrogen and oxygen atoms in total. The summed E-state index contributed by atoms with van der Waals surface area (Å²) < 4.78 is 0. The van der Waals surface area contributed by atoms with Gasteiger partial charge in [0.2, 0.25) is 5.91 Å². The molecular weight excluding hydrogens is 264 g/mol. The lowest BCUT2D eigenvalue weighted by Gasteiger charge is -2.34. The van der Waals surface area contributed by atoms with Crippen LogP contribution in [-0.2, 0) is 4.79 Å². The van der Waals surface area contributed by atoms with E-state index in [9.17, 15) is 4.79 Å². The largest absolute Gasteiger partial charge is 0.398 e. The highest BCUT2D eigenvalue weighted by Gasteiger charge is 2.31. The number of nitrogens with one attached hydrogen (secondary N) is 1. The summed E-state index contributed by atoms with van der Waals surface area (Å²) in [6.45, 7) is 6.58. The van der Waals surface area contributed by atoms with Crippen LogP contribution in [0.4, 0.5) is 11.4 Å². The van der Waals surface area contributed by atoms with E-state index in [1.165, 1.54) is 12.8 Å². The quantitative estimate of drug-likeness (QED) is 0.820. The van der Waals surface area contributed by atoms with Crippen LogP contribution in [0.25, 0.3) is 0 Å². The summed E-state index contributed by atoms with van der Waals surface area (Å²) in [6, 6.07) is 6.48. The van der Waals surface area contributed by atoms with E-state index in [-0.39, 0.29) is 5.91 Å². The molecule has 2 fully saturated rings. The molecule has 5 heteroatoms. The fourth-order valence-electron chi connectivity index (χ4n) is 2.85. The smallest absolute Gasteiger partial charge is 0.238 e. The van der Waals surface area contributed by atoms with E-state index in [1.54, 1.807) is 0 Å². The number of nitrogens with zero attached hydrogens (tertiary/aromatic N) is 2. The van der Waals surface area contributed by atoms with Crippen molar-refractivity contribution in [2.45, 2.75) is 25.8 Å². The Morgan fingerprint density at radius 2 is 2.00 bits per heavy atom. The molecule has 1 amide bonds. The molecule has 1 saturated carbocycles. The molecule has 1 aromatic carbocycles. The molecule has 0 spiro atoms. The average Bonchev–Trinajstić information content (AvgIpc) is 3.28. The van der Waals surface area contributed by atoms with Gasteiger partial charge in [-0.2, -0.15) is 0 Å². The Morgan fingerprint density at radius 1 is 1.29 bits per heavy atom. The van der Waals surface area contributed by atoms with Crippen LogP contribution in [0.1, 0.15) is 18.4 Å². The molecule has 0 aromatic heterocycles. The van der Waals surface area contributed by atoms with Crippen LogP contribution < -0.4 is 11.1 Å². The van der Waals surface area contributed by atoms with Gasteiger partial charge in [-0.25, -0.2) is 0 Å². The standard InChI is InChI=1S/C16H24N4O/c1-12-2-3-13(10-15(12)17)18-16(21)11-19-6-8-20(9-7-19)14-4-5-14/h2-3,10,14H,4-9,11,17H2,1H3,(H,18,21). The summed E-state index contributed by atoms with van der Waals surface area (Å²) in [4.78, 5) is 16.9. The molecule has 1 aromatic rings. The highest BCUT2D eigenvalue weighted by atomic mass is 16.2. The van der Waals surface area contributed by atoms with E-state index in [0.29, 0.717) is 12.2 Å². The molecule has 0 bridgehead atoms. The van der Waals surface area contributed by atoms with Gasteiger partial charge in [-0.15, -0.1) is 0 Å². The molecule has 1 aliphatic heterocycles. The normalized spacial score (nSPS) is 20.4. The summed E-state index contributed by atoms with van der Waals surface area (Å²) in [5.74, 6) is 0.0399. The lowest BCUT2D eigenvalue weighted by Crippen LogP contribution is -2.49. The van der Waals surface area contributed by atoms with Crippen molar-refractivity contribution >= 4 is 17.3 Å². The van der Waals surface area contributed by atoms with Crippen molar-refractivity contribution in [3.8, 4) is 0 Å². The lowest BCUT2D eigenvalue weighted by molar-refractivity contribution is -0.117. The number of carbonyl (C=O) groups excluding carboxylic acids is 1. The second kappa shape index (κ2) is 6.03. The summed E-state index contributed by atoms with van der Waals surface area (Å²) in [7, 11) is 0. The van der Waals surface area contributed by atoms with Gasteiger partial charge >= 0.3 is 0 Å². The Labute approximate surface area is 126 Å². The first-order valence-electron chi connectivity index (χ1n) is 7.74. The average molecular weight is 288 g/mol. The van der Waals surface area contributed by atoms with Crippen molar-refractivity contribution in [3.63, 3.8) is 0 Å². The Morgan fingerprint density at radius 3 is 2.62 bits per heavy atom. The summed E-state index contributed by atoms with van der Waals surface area (Å²) >= 11 is 0. The molecule has 1 heterocycles. The van der Waals surface area contributed by atoms with Gasteiger partial charge in [0, 0.05) is 43.6 Å². The van der Waals surface area contributed by atoms with Gasteiger partial charge in [-0.05, 0) is 37.5 Å². The first kappa shape index (κ1) is 14.4. The first-order chi connectivity index (χ1) is 10.1. The lowest BCUT2D eigenvalue weighted by atomic mass is 10.2. The number of hydrogen-bond donors (Lipinski definition) is 2. The SMILES string of the molecule is Cc1ccc(NC(=O)CN2CCN(C3CC3)CC2)cc1N. The highest BCUT2D eigenvalue weighted by Crippen LogP contribution is 2.27. The number of piperazine rings is 1. The van der Waals surface area contributed by atoms with E-state index in [4.69, 9.17) is 5.73 Å². The van der Waals surface area contributed by atoms with Crippen LogP contribution >= 0.6 is 0 Å². The van der Waals surface area contributed by atoms with Gasteiger partial charge in [0.15, 0.2) is 0 Å². The third-order valence-electron chi connectivity index (χ3n) is 4.40. The van der Waals surface area contributed by atoms with Gasteiger partial charge in [0.25, 0.3) is 0 Å². The number of anilines is 2. The topological polar surface area (TPSA) is 61.6 Å². The molecule has 0 unspecified atom stereocenters. The van der Waals surface area contributed by atoms with Crippen LogP contribution in [0.5, 0.6) is 0 Å². The third-order valence-corrected chi connectivity index (χ3v) is 4.40. The summed E-state index contributed by atoms with van der Waals surface area (Å²) in [5.41, 5.74) is 8.39. The summed E-state index contributed by atoms with van der Waals surface area (Å²) in [6.07, 6.45) is 2.71. The van der Waals surface area contributed by atoms with E-state index in [1.807, 2.05) is 25.1 Å². The van der Waals surface area contributed by atoms with Crippen LogP contribution in [-0.4, -0.2) is 54.5 Å². The van der Waals surface area contributed by atoms with Crippen molar-refractivity contribution in [1.82, 2.24) is 9.80 Å². The van der Waals surface area contributed by atoms with Crippen molar-refractivity contribution in [1.29, 1.82) is 0 Å². The van der Waals surface area contributed by atoms with Gasteiger partial charge in [0.05, 0.1) is 6.54 Å². The van der Waals surface area contributed by atoms with E-state index < -0.39 is 0 Å².